The van der Waals surface area contributed by atoms with Crippen molar-refractivity contribution in [1.82, 2.24) is 0 Å². The molecule has 21 heavy (non-hydrogen) atoms. The largest absolute Gasteiger partial charge is 0.417 e. The highest BCUT2D eigenvalue weighted by Crippen LogP contribution is 2.37. The highest BCUT2D eigenvalue weighted by molar-refractivity contribution is 6.74. The van der Waals surface area contributed by atoms with Gasteiger partial charge in [0, 0.05) is 6.61 Å². The van der Waals surface area contributed by atoms with Crippen LogP contribution in [-0.4, -0.2) is 44.1 Å². The third-order valence-electron chi connectivity index (χ3n) is 4.64. The van der Waals surface area contributed by atoms with Crippen molar-refractivity contribution in [2.75, 3.05) is 13.2 Å². The van der Waals surface area contributed by atoms with E-state index in [0.717, 1.165) is 0 Å². The topological polar surface area (TPSA) is 47.9 Å². The minimum Gasteiger partial charge on any atom is -0.417 e. The first-order valence-electron chi connectivity index (χ1n) is 7.65. The second-order valence-corrected chi connectivity index (χ2v) is 12.7. The van der Waals surface area contributed by atoms with Crippen molar-refractivity contribution in [2.24, 2.45) is 0 Å². The molecule has 0 aromatic rings. The lowest BCUT2D eigenvalue weighted by atomic mass is 9.93. The molecule has 5 heteroatoms. The lowest BCUT2D eigenvalue weighted by Crippen LogP contribution is -2.57. The van der Waals surface area contributed by atoms with E-state index < -0.39 is 19.7 Å². The third kappa shape index (κ3) is 4.63. The Morgan fingerprint density at radius 2 is 1.95 bits per heavy atom. The number of hydrogen-bond donors (Lipinski definition) is 1. The van der Waals surface area contributed by atoms with Crippen LogP contribution < -0.4 is 0 Å². The molecule has 4 nitrogen and oxygen atoms in total. The zero-order valence-electron chi connectivity index (χ0n) is 14.7. The number of aliphatic hydroxyl groups is 1. The molecular weight excluding hydrogens is 284 g/mol. The second-order valence-electron chi connectivity index (χ2n) is 7.89. The Bertz CT molecular complexity index is 373. The first-order chi connectivity index (χ1) is 9.33. The van der Waals surface area contributed by atoms with Gasteiger partial charge in [0.15, 0.2) is 14.1 Å². The molecule has 1 fully saturated rings. The normalized spacial score (nSPS) is 30.2. The Balaban J connectivity index is 2.65. The minimum absolute atomic E-state index is 0.178. The second kappa shape index (κ2) is 6.12. The maximum atomic E-state index is 10.5. The van der Waals surface area contributed by atoms with Gasteiger partial charge in [-0.15, -0.1) is 6.58 Å². The number of hydrogen-bond acceptors (Lipinski definition) is 4. The standard InChI is InChI=1S/C16H32O4Si/c1-9-16(17)12-18-15(5,6)20-13(16)10-11-19-21(7,8)14(2,3)4/h9,13,17H,1,10-12H2,2-8H3/t13-,16-/m1/s1. The zero-order valence-corrected chi connectivity index (χ0v) is 15.7. The van der Waals surface area contributed by atoms with Gasteiger partial charge in [-0.05, 0) is 38.4 Å². The van der Waals surface area contributed by atoms with Gasteiger partial charge in [0.2, 0.25) is 0 Å². The highest BCUT2D eigenvalue weighted by atomic mass is 28.4. The van der Waals surface area contributed by atoms with E-state index in [2.05, 4.69) is 40.4 Å². The first-order valence-corrected chi connectivity index (χ1v) is 10.6. The van der Waals surface area contributed by atoms with Crippen LogP contribution in [0.3, 0.4) is 0 Å². The van der Waals surface area contributed by atoms with Gasteiger partial charge < -0.3 is 19.0 Å². The molecule has 0 amide bonds. The Hall–Kier alpha value is -0.203. The molecule has 0 bridgehead atoms. The molecule has 1 rings (SSSR count). The zero-order chi connectivity index (χ0) is 16.5. The van der Waals surface area contributed by atoms with Crippen LogP contribution in [-0.2, 0) is 13.9 Å². The van der Waals surface area contributed by atoms with Crippen molar-refractivity contribution in [3.8, 4) is 0 Å². The number of rotatable bonds is 5. The van der Waals surface area contributed by atoms with Crippen LogP contribution in [0.15, 0.2) is 12.7 Å². The molecule has 2 atom stereocenters. The van der Waals surface area contributed by atoms with Gasteiger partial charge in [-0.25, -0.2) is 0 Å². The fourth-order valence-corrected chi connectivity index (χ4v) is 3.06. The average molecular weight is 317 g/mol. The summed E-state index contributed by atoms with van der Waals surface area (Å²) in [4.78, 5) is 0. The fraction of sp³-hybridized carbons (Fsp3) is 0.875. The monoisotopic (exact) mass is 316 g/mol. The third-order valence-corrected chi connectivity index (χ3v) is 9.18. The van der Waals surface area contributed by atoms with Gasteiger partial charge in [-0.2, -0.15) is 0 Å². The summed E-state index contributed by atoms with van der Waals surface area (Å²) in [6.07, 6.45) is 1.78. The summed E-state index contributed by atoms with van der Waals surface area (Å²) in [6.45, 7) is 19.3. The van der Waals surface area contributed by atoms with E-state index in [9.17, 15) is 5.11 Å². The quantitative estimate of drug-likeness (QED) is 0.623. The van der Waals surface area contributed by atoms with Crippen LogP contribution in [0.2, 0.25) is 18.1 Å². The smallest absolute Gasteiger partial charge is 0.191 e. The van der Waals surface area contributed by atoms with E-state index in [4.69, 9.17) is 13.9 Å². The highest BCUT2D eigenvalue weighted by Gasteiger charge is 2.45. The average Bonchev–Trinajstić information content (AvgIpc) is 2.32. The van der Waals surface area contributed by atoms with Crippen LogP contribution in [0.1, 0.15) is 41.0 Å². The molecule has 0 spiro atoms. The molecule has 0 unspecified atom stereocenters. The van der Waals surface area contributed by atoms with Crippen LogP contribution in [0.5, 0.6) is 0 Å². The van der Waals surface area contributed by atoms with Crippen LogP contribution in [0, 0.1) is 0 Å². The lowest BCUT2D eigenvalue weighted by Gasteiger charge is -2.45. The van der Waals surface area contributed by atoms with Crippen LogP contribution in [0.25, 0.3) is 0 Å². The van der Waals surface area contributed by atoms with E-state index in [1.165, 1.54) is 6.08 Å². The first kappa shape index (κ1) is 18.8. The molecule has 1 saturated heterocycles. The van der Waals surface area contributed by atoms with Gasteiger partial charge in [0.1, 0.15) is 5.60 Å². The van der Waals surface area contributed by atoms with Crippen LogP contribution in [0.4, 0.5) is 0 Å². The van der Waals surface area contributed by atoms with E-state index in [1.54, 1.807) is 0 Å². The van der Waals surface area contributed by atoms with Crippen molar-refractivity contribution in [3.63, 3.8) is 0 Å². The summed E-state index contributed by atoms with van der Waals surface area (Å²) in [5.74, 6) is -0.684. The van der Waals surface area contributed by atoms with Crippen molar-refractivity contribution in [3.05, 3.63) is 12.7 Å². The van der Waals surface area contributed by atoms with Gasteiger partial charge in [0.05, 0.1) is 12.7 Å². The van der Waals surface area contributed by atoms with E-state index in [1.807, 2.05) is 13.8 Å². The molecular formula is C16H32O4Si. The summed E-state index contributed by atoms with van der Waals surface area (Å²) >= 11 is 0. The predicted octanol–water partition coefficient (Wildman–Crippen LogP) is 3.47. The molecule has 0 aromatic carbocycles. The van der Waals surface area contributed by atoms with E-state index in [-0.39, 0.29) is 17.7 Å². The molecule has 1 aliphatic heterocycles. The molecule has 0 aliphatic carbocycles. The van der Waals surface area contributed by atoms with Crippen molar-refractivity contribution in [2.45, 2.75) is 76.7 Å². The van der Waals surface area contributed by atoms with Crippen molar-refractivity contribution >= 4 is 8.32 Å². The summed E-state index contributed by atoms with van der Waals surface area (Å²) in [7, 11) is -1.78. The molecule has 0 radical (unpaired) electrons. The van der Waals surface area contributed by atoms with E-state index in [0.29, 0.717) is 13.0 Å². The van der Waals surface area contributed by atoms with Gasteiger partial charge >= 0.3 is 0 Å². The van der Waals surface area contributed by atoms with Crippen LogP contribution >= 0.6 is 0 Å². The maximum absolute atomic E-state index is 10.5. The Morgan fingerprint density at radius 3 is 2.43 bits per heavy atom. The maximum Gasteiger partial charge on any atom is 0.191 e. The summed E-state index contributed by atoms with van der Waals surface area (Å²) in [5.41, 5.74) is -1.15. The molecule has 0 saturated carbocycles. The fourth-order valence-electron chi connectivity index (χ4n) is 2.00. The lowest BCUT2D eigenvalue weighted by molar-refractivity contribution is -0.324. The summed E-state index contributed by atoms with van der Waals surface area (Å²) in [5, 5.41) is 10.7. The van der Waals surface area contributed by atoms with Crippen molar-refractivity contribution in [1.29, 1.82) is 0 Å². The molecule has 124 valence electrons. The van der Waals surface area contributed by atoms with Crippen molar-refractivity contribution < 1.29 is 19.0 Å². The molecule has 0 aromatic heterocycles. The SMILES string of the molecule is C=C[C@@]1(O)COC(C)(C)O[C@@H]1CCO[Si](C)(C)C(C)(C)C. The summed E-state index contributed by atoms with van der Waals surface area (Å²) < 4.78 is 17.6. The molecule has 1 aliphatic rings. The number of ether oxygens (including phenoxy) is 2. The Morgan fingerprint density at radius 1 is 1.38 bits per heavy atom. The van der Waals surface area contributed by atoms with Gasteiger partial charge in [-0.3, -0.25) is 0 Å². The Labute approximate surface area is 130 Å². The minimum atomic E-state index is -1.78. The Kier molecular flexibility index (Phi) is 5.50. The molecule has 1 heterocycles. The van der Waals surface area contributed by atoms with Gasteiger partial charge in [-0.1, -0.05) is 26.8 Å². The molecule has 1 N–H and O–H groups in total. The summed E-state index contributed by atoms with van der Waals surface area (Å²) in [6, 6.07) is 0. The van der Waals surface area contributed by atoms with Gasteiger partial charge in [0.25, 0.3) is 0 Å². The predicted molar refractivity (Wildman–Crippen MR) is 87.8 cm³/mol. The van der Waals surface area contributed by atoms with E-state index >= 15 is 0 Å².